The van der Waals surface area contributed by atoms with Crippen LogP contribution in [0.15, 0.2) is 72.8 Å². The second kappa shape index (κ2) is 15.1. The molecule has 12 heteroatoms. The molecule has 0 spiro atoms. The monoisotopic (exact) mass is 775 g/mol. The Kier molecular flexibility index (Phi) is 9.84. The molecule has 3 atom stereocenters. The number of aromatic hydroxyl groups is 1. The van der Waals surface area contributed by atoms with Gasteiger partial charge in [0.05, 0.1) is 12.3 Å². The minimum absolute atomic E-state index is 0.105. The lowest BCUT2D eigenvalue weighted by Gasteiger charge is -2.40. The summed E-state index contributed by atoms with van der Waals surface area (Å²) in [5.41, 5.74) is 6.68. The molecule has 57 heavy (non-hydrogen) atoms. The molecule has 0 aromatic heterocycles. The van der Waals surface area contributed by atoms with Crippen molar-refractivity contribution in [3.8, 4) is 11.5 Å². The summed E-state index contributed by atoms with van der Waals surface area (Å²) >= 11 is 0. The lowest BCUT2D eigenvalue weighted by atomic mass is 9.74. The zero-order chi connectivity index (χ0) is 39.4. The SMILES string of the molecule is Cc1cc(F)ccc1[C@H]1COc2cc(O)ccc2C1c1ccc(N2CCC(CN3CCN(c4ccc5c(c4)CN([C@H]4CCC(=O)NC4=O)C5=O)CC3)CC2)c(F)c1. The van der Waals surface area contributed by atoms with Crippen LogP contribution in [0.2, 0.25) is 0 Å². The fourth-order valence-electron chi connectivity index (χ4n) is 9.77. The predicted molar refractivity (Wildman–Crippen MR) is 212 cm³/mol. The summed E-state index contributed by atoms with van der Waals surface area (Å²) in [4.78, 5) is 45.9. The second-order valence-electron chi connectivity index (χ2n) is 16.3. The molecule has 0 saturated carbocycles. The van der Waals surface area contributed by atoms with E-state index in [1.165, 1.54) is 12.1 Å². The molecular weight excluding hydrogens is 729 g/mol. The lowest BCUT2D eigenvalue weighted by molar-refractivity contribution is -0.136. The van der Waals surface area contributed by atoms with Gasteiger partial charge in [0.15, 0.2) is 0 Å². The molecule has 5 aliphatic rings. The van der Waals surface area contributed by atoms with E-state index in [4.69, 9.17) is 4.74 Å². The Hall–Kier alpha value is -5.49. The number of halogens is 2. The zero-order valence-corrected chi connectivity index (χ0v) is 32.1. The largest absolute Gasteiger partial charge is 0.508 e. The fraction of sp³-hybridized carbons (Fsp3) is 0.400. The molecule has 9 rings (SSSR count). The van der Waals surface area contributed by atoms with Gasteiger partial charge < -0.3 is 24.5 Å². The molecule has 3 saturated heterocycles. The highest BCUT2D eigenvalue weighted by Gasteiger charge is 2.40. The maximum atomic E-state index is 16.1. The van der Waals surface area contributed by atoms with E-state index in [-0.39, 0.29) is 47.5 Å². The third-order valence-corrected chi connectivity index (χ3v) is 12.8. The maximum absolute atomic E-state index is 16.1. The first-order valence-corrected chi connectivity index (χ1v) is 20.1. The number of nitrogens with one attached hydrogen (secondary N) is 1. The Balaban J connectivity index is 0.805. The normalized spacial score (nSPS) is 23.0. The fourth-order valence-corrected chi connectivity index (χ4v) is 9.77. The van der Waals surface area contributed by atoms with Gasteiger partial charge in [0.25, 0.3) is 5.91 Å². The summed E-state index contributed by atoms with van der Waals surface area (Å²) in [6.07, 6.45) is 2.55. The summed E-state index contributed by atoms with van der Waals surface area (Å²) in [6.45, 7) is 8.76. The van der Waals surface area contributed by atoms with Crippen LogP contribution >= 0.6 is 0 Å². The predicted octanol–water partition coefficient (Wildman–Crippen LogP) is 6.09. The number of amides is 3. The molecule has 4 aromatic rings. The van der Waals surface area contributed by atoms with E-state index in [1.54, 1.807) is 29.2 Å². The summed E-state index contributed by atoms with van der Waals surface area (Å²) in [5.74, 6) is -0.607. The quantitative estimate of drug-likeness (QED) is 0.218. The van der Waals surface area contributed by atoms with Crippen molar-refractivity contribution in [3.63, 3.8) is 0 Å². The number of hydrogen-bond acceptors (Lipinski definition) is 8. The standard InChI is InChI=1S/C45H47F2N5O5/c1-27-20-31(46)3-6-34(27)37-26-57-41-23-33(53)5-8-36(41)43(37)29-2-9-39(38(47)22-29)51-14-12-28(13-15-51)24-49-16-18-50(19-17-49)32-4-7-35-30(21-32)25-52(45(35)56)40-10-11-42(54)48-44(40)55/h2-9,20-23,28,37,40,43,53H,10-19,24-26H2,1H3,(H,48,54,55)/t37-,40+,43?/m1/s1. The van der Waals surface area contributed by atoms with Crippen molar-refractivity contribution in [3.05, 3.63) is 118 Å². The molecule has 3 fully saturated rings. The average Bonchev–Trinajstić information content (AvgIpc) is 3.53. The molecular formula is C45H47F2N5O5. The van der Waals surface area contributed by atoms with Crippen LogP contribution in [0, 0.1) is 24.5 Å². The van der Waals surface area contributed by atoms with Crippen molar-refractivity contribution in [2.24, 2.45) is 5.92 Å². The Labute approximate surface area is 331 Å². The summed E-state index contributed by atoms with van der Waals surface area (Å²) in [6, 6.07) is 20.7. The summed E-state index contributed by atoms with van der Waals surface area (Å²) in [7, 11) is 0. The first-order chi connectivity index (χ1) is 27.6. The van der Waals surface area contributed by atoms with E-state index in [0.717, 1.165) is 92.2 Å². The number of aryl methyl sites for hydroxylation is 1. The van der Waals surface area contributed by atoms with Crippen molar-refractivity contribution in [2.45, 2.75) is 57.0 Å². The van der Waals surface area contributed by atoms with Gasteiger partial charge in [-0.3, -0.25) is 24.6 Å². The van der Waals surface area contributed by atoms with Gasteiger partial charge in [-0.15, -0.1) is 0 Å². The van der Waals surface area contributed by atoms with E-state index >= 15 is 4.39 Å². The van der Waals surface area contributed by atoms with Crippen LogP contribution in [0.25, 0.3) is 0 Å². The number of phenols is 1. The number of fused-ring (bicyclic) bond motifs is 2. The van der Waals surface area contributed by atoms with Crippen molar-refractivity contribution >= 4 is 29.1 Å². The molecule has 3 amide bonds. The van der Waals surface area contributed by atoms with Crippen LogP contribution in [0.1, 0.15) is 75.7 Å². The summed E-state index contributed by atoms with van der Waals surface area (Å²) < 4.78 is 36.3. The van der Waals surface area contributed by atoms with Gasteiger partial charge in [0.2, 0.25) is 11.8 Å². The van der Waals surface area contributed by atoms with Gasteiger partial charge in [0, 0.05) is 93.5 Å². The molecule has 0 aliphatic carbocycles. The van der Waals surface area contributed by atoms with Crippen LogP contribution < -0.4 is 19.9 Å². The Morgan fingerprint density at radius 2 is 1.61 bits per heavy atom. The van der Waals surface area contributed by atoms with Crippen LogP contribution in [0.5, 0.6) is 11.5 Å². The number of piperazine rings is 1. The van der Waals surface area contributed by atoms with E-state index < -0.39 is 11.9 Å². The molecule has 0 bridgehead atoms. The van der Waals surface area contributed by atoms with Crippen LogP contribution in [-0.4, -0.2) is 91.1 Å². The molecule has 0 radical (unpaired) electrons. The van der Waals surface area contributed by atoms with Crippen molar-refractivity contribution in [1.82, 2.24) is 15.1 Å². The average molecular weight is 776 g/mol. The highest BCUT2D eigenvalue weighted by Crippen LogP contribution is 2.48. The number of carbonyl (C=O) groups is 3. The van der Waals surface area contributed by atoms with Gasteiger partial charge in [-0.25, -0.2) is 8.78 Å². The van der Waals surface area contributed by atoms with E-state index in [2.05, 4.69) is 26.1 Å². The molecule has 10 nitrogen and oxygen atoms in total. The number of nitrogens with zero attached hydrogens (tertiary/aromatic N) is 4. The van der Waals surface area contributed by atoms with Crippen molar-refractivity contribution in [1.29, 1.82) is 0 Å². The smallest absolute Gasteiger partial charge is 0.255 e. The van der Waals surface area contributed by atoms with Gasteiger partial charge in [-0.2, -0.15) is 0 Å². The number of carbonyl (C=O) groups excluding carboxylic acids is 3. The van der Waals surface area contributed by atoms with Crippen LogP contribution in [0.4, 0.5) is 20.2 Å². The number of anilines is 2. The van der Waals surface area contributed by atoms with Gasteiger partial charge >= 0.3 is 0 Å². The highest BCUT2D eigenvalue weighted by molar-refractivity contribution is 6.05. The maximum Gasteiger partial charge on any atom is 0.255 e. The lowest BCUT2D eigenvalue weighted by Crippen LogP contribution is -2.52. The number of hydrogen-bond donors (Lipinski definition) is 2. The Bertz CT molecular complexity index is 2230. The van der Waals surface area contributed by atoms with Gasteiger partial charge in [-0.1, -0.05) is 18.2 Å². The minimum Gasteiger partial charge on any atom is -0.508 e. The Morgan fingerprint density at radius 3 is 2.37 bits per heavy atom. The van der Waals surface area contributed by atoms with E-state index in [0.29, 0.717) is 42.5 Å². The zero-order valence-electron chi connectivity index (χ0n) is 32.1. The molecule has 5 heterocycles. The molecule has 4 aromatic carbocycles. The first kappa shape index (κ1) is 37.1. The van der Waals surface area contributed by atoms with Gasteiger partial charge in [-0.05, 0) is 103 Å². The molecule has 5 aliphatic heterocycles. The minimum atomic E-state index is -0.618. The topological polar surface area (TPSA) is 106 Å². The number of rotatable bonds is 7. The second-order valence-corrected chi connectivity index (χ2v) is 16.3. The number of phenolic OH excluding ortho intramolecular Hbond substituents is 1. The van der Waals surface area contributed by atoms with E-state index in [9.17, 15) is 23.9 Å². The number of benzene rings is 4. The number of piperidine rings is 2. The van der Waals surface area contributed by atoms with Crippen molar-refractivity contribution in [2.75, 3.05) is 62.2 Å². The summed E-state index contributed by atoms with van der Waals surface area (Å²) in [5, 5.41) is 12.5. The third-order valence-electron chi connectivity index (χ3n) is 12.8. The molecule has 2 N–H and O–H groups in total. The first-order valence-electron chi connectivity index (χ1n) is 20.1. The van der Waals surface area contributed by atoms with Crippen LogP contribution in [-0.2, 0) is 16.1 Å². The number of ether oxygens (including phenoxy) is 1. The van der Waals surface area contributed by atoms with E-state index in [1.807, 2.05) is 37.3 Å². The molecule has 296 valence electrons. The molecule has 1 unspecified atom stereocenters. The van der Waals surface area contributed by atoms with Crippen LogP contribution in [0.3, 0.4) is 0 Å². The third kappa shape index (κ3) is 7.20. The Morgan fingerprint density at radius 1 is 0.825 bits per heavy atom. The van der Waals surface area contributed by atoms with Crippen molar-refractivity contribution < 1.29 is 33.0 Å². The number of imide groups is 1. The van der Waals surface area contributed by atoms with Gasteiger partial charge in [0.1, 0.15) is 29.2 Å². The highest BCUT2D eigenvalue weighted by atomic mass is 19.1.